The Balaban J connectivity index is 2.37. The van der Waals surface area contributed by atoms with Gasteiger partial charge < -0.3 is 9.88 Å². The van der Waals surface area contributed by atoms with E-state index in [0.717, 1.165) is 22.5 Å². The van der Waals surface area contributed by atoms with Crippen LogP contribution in [-0.4, -0.2) is 28.6 Å². The van der Waals surface area contributed by atoms with E-state index in [1.54, 1.807) is 6.20 Å². The number of para-hydroxylation sites is 2. The topological polar surface area (TPSA) is 36.9 Å². The average Bonchev–Trinajstić information content (AvgIpc) is 2.74. The van der Waals surface area contributed by atoms with Crippen LogP contribution in [0.4, 0.5) is 5.69 Å². The molecule has 0 bridgehead atoms. The first-order chi connectivity index (χ1) is 9.18. The zero-order valence-electron chi connectivity index (χ0n) is 10.8. The molecule has 3 rings (SSSR count). The maximum atomic E-state index is 5.43. The van der Waals surface area contributed by atoms with E-state index in [4.69, 9.17) is 12.2 Å². The second kappa shape index (κ2) is 4.51. The van der Waals surface area contributed by atoms with Crippen LogP contribution in [0.25, 0.3) is 16.9 Å². The lowest BCUT2D eigenvalue weighted by atomic mass is 10.2. The highest BCUT2D eigenvalue weighted by molar-refractivity contribution is 7.71. The summed E-state index contributed by atoms with van der Waals surface area (Å²) in [6, 6.07) is 12.0. The third-order valence-electron chi connectivity index (χ3n) is 3.05. The van der Waals surface area contributed by atoms with Crippen LogP contribution in [0.5, 0.6) is 0 Å². The van der Waals surface area contributed by atoms with Crippen molar-refractivity contribution in [2.24, 2.45) is 0 Å². The number of nitrogens with zero attached hydrogens (tertiary/aromatic N) is 3. The summed E-state index contributed by atoms with van der Waals surface area (Å²) in [5.41, 5.74) is 3.93. The molecule has 0 saturated heterocycles. The van der Waals surface area contributed by atoms with Gasteiger partial charge in [-0.25, -0.2) is 4.98 Å². The minimum Gasteiger partial charge on any atom is -0.376 e. The number of H-pyrrole nitrogens is 1. The van der Waals surface area contributed by atoms with Gasteiger partial charge in [0.05, 0.1) is 16.9 Å². The van der Waals surface area contributed by atoms with Crippen molar-refractivity contribution < 1.29 is 0 Å². The Kier molecular flexibility index (Phi) is 2.83. The maximum absolute atomic E-state index is 5.43. The molecule has 0 aliphatic heterocycles. The lowest BCUT2D eigenvalue weighted by Crippen LogP contribution is -2.12. The van der Waals surface area contributed by atoms with Crippen molar-refractivity contribution in [2.45, 2.75) is 0 Å². The summed E-state index contributed by atoms with van der Waals surface area (Å²) in [5.74, 6) is 0. The number of hydrogen-bond donors (Lipinski definition) is 1. The summed E-state index contributed by atoms with van der Waals surface area (Å²) < 4.78 is 2.63. The lowest BCUT2D eigenvalue weighted by Gasteiger charge is -2.17. The molecule has 0 saturated carbocycles. The van der Waals surface area contributed by atoms with E-state index in [0.29, 0.717) is 4.77 Å². The summed E-state index contributed by atoms with van der Waals surface area (Å²) >= 11 is 5.43. The molecular weight excluding hydrogens is 256 g/mol. The lowest BCUT2D eigenvalue weighted by molar-refractivity contribution is 1.02. The van der Waals surface area contributed by atoms with Gasteiger partial charge in [0.1, 0.15) is 0 Å². The molecule has 5 heteroatoms. The molecule has 2 heterocycles. The van der Waals surface area contributed by atoms with Crippen LogP contribution in [0.1, 0.15) is 0 Å². The Morgan fingerprint density at radius 3 is 2.74 bits per heavy atom. The van der Waals surface area contributed by atoms with Gasteiger partial charge >= 0.3 is 0 Å². The van der Waals surface area contributed by atoms with Crippen molar-refractivity contribution in [3.63, 3.8) is 0 Å². The Bertz CT molecular complexity index is 785. The quantitative estimate of drug-likeness (QED) is 0.727. The third kappa shape index (κ3) is 1.92. The zero-order chi connectivity index (χ0) is 13.4. The highest BCUT2D eigenvalue weighted by Crippen LogP contribution is 2.25. The highest BCUT2D eigenvalue weighted by atomic mass is 32.1. The van der Waals surface area contributed by atoms with Crippen molar-refractivity contribution in [2.75, 3.05) is 19.0 Å². The summed E-state index contributed by atoms with van der Waals surface area (Å²) in [7, 11) is 4.04. The highest BCUT2D eigenvalue weighted by Gasteiger charge is 2.11. The van der Waals surface area contributed by atoms with Gasteiger partial charge in [-0.05, 0) is 36.5 Å². The number of hydrogen-bond acceptors (Lipinski definition) is 3. The van der Waals surface area contributed by atoms with Crippen molar-refractivity contribution in [3.05, 3.63) is 47.4 Å². The Morgan fingerprint density at radius 1 is 1.16 bits per heavy atom. The molecule has 19 heavy (non-hydrogen) atoms. The molecule has 4 nitrogen and oxygen atoms in total. The molecule has 0 aliphatic rings. The number of aromatic nitrogens is 3. The summed E-state index contributed by atoms with van der Waals surface area (Å²) in [5, 5.41) is 0. The summed E-state index contributed by atoms with van der Waals surface area (Å²) in [6.45, 7) is 0. The van der Waals surface area contributed by atoms with E-state index >= 15 is 0 Å². The van der Waals surface area contributed by atoms with E-state index in [1.165, 1.54) is 0 Å². The summed E-state index contributed by atoms with van der Waals surface area (Å²) in [6.07, 6.45) is 1.78. The summed E-state index contributed by atoms with van der Waals surface area (Å²) in [4.78, 5) is 9.68. The van der Waals surface area contributed by atoms with Crippen LogP contribution >= 0.6 is 12.2 Å². The first-order valence-corrected chi connectivity index (χ1v) is 6.42. The number of benzene rings is 1. The van der Waals surface area contributed by atoms with Gasteiger partial charge in [0.2, 0.25) is 0 Å². The van der Waals surface area contributed by atoms with E-state index in [-0.39, 0.29) is 0 Å². The molecule has 96 valence electrons. The van der Waals surface area contributed by atoms with Crippen LogP contribution in [0.3, 0.4) is 0 Å². The molecule has 0 amide bonds. The normalized spacial score (nSPS) is 10.8. The van der Waals surface area contributed by atoms with Gasteiger partial charge in [0, 0.05) is 20.3 Å². The van der Waals surface area contributed by atoms with Gasteiger partial charge in [0.15, 0.2) is 10.4 Å². The number of pyridine rings is 1. The van der Waals surface area contributed by atoms with Crippen molar-refractivity contribution in [1.29, 1.82) is 0 Å². The number of aromatic amines is 1. The van der Waals surface area contributed by atoms with Gasteiger partial charge in [-0.15, -0.1) is 0 Å². The fourth-order valence-corrected chi connectivity index (χ4v) is 2.49. The average molecular weight is 270 g/mol. The predicted molar refractivity (Wildman–Crippen MR) is 80.6 cm³/mol. The Morgan fingerprint density at radius 2 is 1.95 bits per heavy atom. The molecular formula is C14H14N4S. The van der Waals surface area contributed by atoms with Crippen LogP contribution in [0, 0.1) is 4.77 Å². The Labute approximate surface area is 116 Å². The minimum atomic E-state index is 0.656. The number of rotatable bonds is 2. The second-order valence-corrected chi connectivity index (χ2v) is 4.91. The van der Waals surface area contributed by atoms with Crippen molar-refractivity contribution in [3.8, 4) is 5.69 Å². The zero-order valence-corrected chi connectivity index (χ0v) is 11.6. The number of nitrogens with one attached hydrogen (secondary N) is 1. The largest absolute Gasteiger partial charge is 0.376 e. The molecule has 0 fully saturated rings. The molecule has 1 aromatic carbocycles. The van der Waals surface area contributed by atoms with Gasteiger partial charge in [0.25, 0.3) is 0 Å². The van der Waals surface area contributed by atoms with Crippen LogP contribution in [0.15, 0.2) is 42.6 Å². The standard InChI is InChI=1S/C14H14N4S/c1-17(2)11-7-3-4-8-12(11)18-13-10(16-14(18)19)6-5-9-15-13/h3-9H,1-2H3,(H,16,19). The molecule has 1 N–H and O–H groups in total. The van der Waals surface area contributed by atoms with Gasteiger partial charge in [-0.2, -0.15) is 0 Å². The predicted octanol–water partition coefficient (Wildman–Crippen LogP) is 3.15. The van der Waals surface area contributed by atoms with Crippen molar-refractivity contribution >= 4 is 29.1 Å². The first-order valence-electron chi connectivity index (χ1n) is 6.01. The monoisotopic (exact) mass is 270 g/mol. The molecule has 2 aromatic heterocycles. The van der Waals surface area contributed by atoms with Gasteiger partial charge in [-0.3, -0.25) is 4.57 Å². The number of imidazole rings is 1. The smallest absolute Gasteiger partial charge is 0.184 e. The fourth-order valence-electron chi connectivity index (χ4n) is 2.19. The molecule has 0 radical (unpaired) electrons. The molecule has 0 spiro atoms. The number of anilines is 1. The fraction of sp³-hybridized carbons (Fsp3) is 0.143. The third-order valence-corrected chi connectivity index (χ3v) is 3.33. The van der Waals surface area contributed by atoms with E-state index in [2.05, 4.69) is 20.9 Å². The van der Waals surface area contributed by atoms with Crippen molar-refractivity contribution in [1.82, 2.24) is 14.5 Å². The Hall–Kier alpha value is -2.14. The minimum absolute atomic E-state index is 0.656. The molecule has 3 aromatic rings. The first kappa shape index (κ1) is 11.9. The van der Waals surface area contributed by atoms with E-state index < -0.39 is 0 Å². The maximum Gasteiger partial charge on any atom is 0.184 e. The molecule has 0 unspecified atom stereocenters. The second-order valence-electron chi connectivity index (χ2n) is 4.52. The van der Waals surface area contributed by atoms with Crippen LogP contribution in [-0.2, 0) is 0 Å². The van der Waals surface area contributed by atoms with Crippen LogP contribution in [0.2, 0.25) is 0 Å². The van der Waals surface area contributed by atoms with E-state index in [9.17, 15) is 0 Å². The SMILES string of the molecule is CN(C)c1ccccc1-n1c(=S)[nH]c2cccnc21. The van der Waals surface area contributed by atoms with Crippen LogP contribution < -0.4 is 4.90 Å². The van der Waals surface area contributed by atoms with Gasteiger partial charge in [-0.1, -0.05) is 12.1 Å². The molecule has 0 atom stereocenters. The van der Waals surface area contributed by atoms with E-state index in [1.807, 2.05) is 49.0 Å². The molecule has 0 aliphatic carbocycles. The number of fused-ring (bicyclic) bond motifs is 1.